The average molecular weight is 247 g/mol. The predicted molar refractivity (Wildman–Crippen MR) is 73.1 cm³/mol. The molecule has 0 radical (unpaired) electrons. The second-order valence-electron chi connectivity index (χ2n) is 4.32. The second-order valence-corrected chi connectivity index (χ2v) is 4.32. The van der Waals surface area contributed by atoms with E-state index < -0.39 is 0 Å². The summed E-state index contributed by atoms with van der Waals surface area (Å²) in [6.45, 7) is 6.37. The first-order valence-corrected chi connectivity index (χ1v) is 5.86. The molecule has 0 fully saturated rings. The number of imidazole rings is 1. The van der Waals surface area contributed by atoms with Crippen molar-refractivity contribution in [1.29, 1.82) is 0 Å². The molecule has 2 heterocycles. The van der Waals surface area contributed by atoms with Gasteiger partial charge in [-0.25, -0.2) is 9.78 Å². The minimum Gasteiger partial charge on any atom is -0.291 e. The molecule has 0 aliphatic rings. The van der Waals surface area contributed by atoms with Gasteiger partial charge in [-0.3, -0.25) is 14.6 Å². The van der Waals surface area contributed by atoms with Crippen LogP contribution in [0.5, 0.6) is 0 Å². The highest BCUT2D eigenvalue weighted by atomic mass is 16.1. The number of anilines is 1. The summed E-state index contributed by atoms with van der Waals surface area (Å²) in [5.74, 6) is 0. The van der Waals surface area contributed by atoms with E-state index in [0.29, 0.717) is 12.2 Å². The van der Waals surface area contributed by atoms with E-state index in [9.17, 15) is 4.79 Å². The molecule has 0 saturated carbocycles. The zero-order valence-corrected chi connectivity index (χ0v) is 11.1. The van der Waals surface area contributed by atoms with Crippen molar-refractivity contribution in [2.45, 2.75) is 27.3 Å². The predicted octanol–water partition coefficient (Wildman–Crippen LogP) is 1.56. The molecular formula is C12H17N5O. The highest BCUT2D eigenvalue weighted by molar-refractivity contribution is 5.80. The van der Waals surface area contributed by atoms with Crippen LogP contribution in [0.25, 0.3) is 11.2 Å². The zero-order valence-electron chi connectivity index (χ0n) is 11.1. The lowest BCUT2D eigenvalue weighted by molar-refractivity contribution is 0.711. The first-order chi connectivity index (χ1) is 8.54. The number of aromatic nitrogens is 3. The molecule has 0 atom stereocenters. The fraction of sp³-hybridized carbons (Fsp3) is 0.417. The highest BCUT2D eigenvalue weighted by Crippen LogP contribution is 2.15. The van der Waals surface area contributed by atoms with Crippen molar-refractivity contribution >= 4 is 22.6 Å². The highest BCUT2D eigenvalue weighted by Gasteiger charge is 2.10. The van der Waals surface area contributed by atoms with Gasteiger partial charge in [-0.1, -0.05) is 0 Å². The maximum atomic E-state index is 11.9. The molecule has 0 aromatic carbocycles. The summed E-state index contributed by atoms with van der Waals surface area (Å²) in [6, 6.07) is 1.89. The van der Waals surface area contributed by atoms with Gasteiger partial charge < -0.3 is 0 Å². The molecule has 0 aliphatic heterocycles. The van der Waals surface area contributed by atoms with Crippen LogP contribution in [-0.2, 0) is 13.6 Å². The molecule has 0 spiro atoms. The van der Waals surface area contributed by atoms with Crippen molar-refractivity contribution in [2.24, 2.45) is 12.1 Å². The zero-order chi connectivity index (χ0) is 13.3. The van der Waals surface area contributed by atoms with Crippen LogP contribution < -0.4 is 11.1 Å². The molecule has 1 N–H and O–H groups in total. The molecule has 0 unspecified atom stereocenters. The Labute approximate surface area is 105 Å². The van der Waals surface area contributed by atoms with Crippen LogP contribution in [0.2, 0.25) is 0 Å². The van der Waals surface area contributed by atoms with Gasteiger partial charge in [0.2, 0.25) is 0 Å². The van der Waals surface area contributed by atoms with Gasteiger partial charge >= 0.3 is 5.69 Å². The number of hydrogen-bond donors (Lipinski definition) is 1. The van der Waals surface area contributed by atoms with Gasteiger partial charge in [-0.2, -0.15) is 5.10 Å². The van der Waals surface area contributed by atoms with Crippen LogP contribution in [-0.4, -0.2) is 19.8 Å². The van der Waals surface area contributed by atoms with Gasteiger partial charge in [0.1, 0.15) is 0 Å². The lowest BCUT2D eigenvalue weighted by atomic mass is 10.4. The van der Waals surface area contributed by atoms with Gasteiger partial charge in [0, 0.05) is 19.3 Å². The fourth-order valence-electron chi connectivity index (χ4n) is 1.82. The molecule has 6 heteroatoms. The molecule has 0 aliphatic carbocycles. The van der Waals surface area contributed by atoms with Gasteiger partial charge in [-0.15, -0.1) is 0 Å². The van der Waals surface area contributed by atoms with Crippen molar-refractivity contribution in [3.63, 3.8) is 0 Å². The van der Waals surface area contributed by atoms with Crippen LogP contribution in [0.1, 0.15) is 20.8 Å². The molecule has 6 nitrogen and oxygen atoms in total. The summed E-state index contributed by atoms with van der Waals surface area (Å²) >= 11 is 0. The summed E-state index contributed by atoms with van der Waals surface area (Å²) < 4.78 is 3.24. The molecule has 0 bridgehead atoms. The number of pyridine rings is 1. The number of hydrazone groups is 1. The van der Waals surface area contributed by atoms with Crippen LogP contribution in [0.4, 0.5) is 5.69 Å². The first-order valence-electron chi connectivity index (χ1n) is 5.86. The third-order valence-corrected chi connectivity index (χ3v) is 2.70. The Bertz CT molecular complexity index is 661. The lowest BCUT2D eigenvalue weighted by Gasteiger charge is -2.02. The topological polar surface area (TPSA) is 64.2 Å². The van der Waals surface area contributed by atoms with E-state index in [0.717, 1.165) is 16.9 Å². The molecule has 2 rings (SSSR count). The normalized spacial score (nSPS) is 10.7. The third kappa shape index (κ3) is 2.01. The van der Waals surface area contributed by atoms with Crippen molar-refractivity contribution in [3.05, 3.63) is 22.7 Å². The summed E-state index contributed by atoms with van der Waals surface area (Å²) in [7, 11) is 1.73. The number of rotatable bonds is 3. The molecule has 2 aromatic rings. The summed E-state index contributed by atoms with van der Waals surface area (Å²) in [4.78, 5) is 16.2. The Hall–Kier alpha value is -2.11. The van der Waals surface area contributed by atoms with Crippen LogP contribution >= 0.6 is 0 Å². The van der Waals surface area contributed by atoms with E-state index in [4.69, 9.17) is 0 Å². The lowest BCUT2D eigenvalue weighted by Crippen LogP contribution is -2.21. The molecule has 96 valence electrons. The van der Waals surface area contributed by atoms with Crippen LogP contribution in [0, 0.1) is 0 Å². The largest absolute Gasteiger partial charge is 0.330 e. The smallest absolute Gasteiger partial charge is 0.291 e. The Morgan fingerprint density at radius 3 is 2.83 bits per heavy atom. The number of fused-ring (bicyclic) bond motifs is 1. The standard InChI is InChI=1S/C12H17N5O/c1-5-17-10-6-9(15-14-8(2)3)7-13-11(10)16(4)12(17)18/h6-7,15H,5H2,1-4H3. The van der Waals surface area contributed by atoms with E-state index in [1.807, 2.05) is 26.8 Å². The minimum atomic E-state index is -0.0488. The maximum absolute atomic E-state index is 11.9. The molecule has 0 amide bonds. The molecular weight excluding hydrogens is 230 g/mol. The second kappa shape index (κ2) is 4.64. The van der Waals surface area contributed by atoms with Gasteiger partial charge in [0.15, 0.2) is 5.65 Å². The monoisotopic (exact) mass is 247 g/mol. The van der Waals surface area contributed by atoms with Crippen LogP contribution in [0.3, 0.4) is 0 Å². The number of aryl methyl sites for hydroxylation is 2. The van der Waals surface area contributed by atoms with Crippen molar-refractivity contribution in [3.8, 4) is 0 Å². The molecule has 0 saturated heterocycles. The van der Waals surface area contributed by atoms with E-state index in [1.165, 1.54) is 0 Å². The van der Waals surface area contributed by atoms with Gasteiger partial charge in [0.25, 0.3) is 0 Å². The molecule has 2 aromatic heterocycles. The fourth-order valence-corrected chi connectivity index (χ4v) is 1.82. The van der Waals surface area contributed by atoms with Gasteiger partial charge in [0.05, 0.1) is 17.4 Å². The molecule has 18 heavy (non-hydrogen) atoms. The summed E-state index contributed by atoms with van der Waals surface area (Å²) in [6.07, 6.45) is 1.67. The van der Waals surface area contributed by atoms with Gasteiger partial charge in [-0.05, 0) is 26.8 Å². The van der Waals surface area contributed by atoms with E-state index >= 15 is 0 Å². The number of nitrogens with zero attached hydrogens (tertiary/aromatic N) is 4. The first kappa shape index (κ1) is 12.3. The summed E-state index contributed by atoms with van der Waals surface area (Å²) in [5, 5.41) is 4.12. The van der Waals surface area contributed by atoms with Crippen molar-refractivity contribution in [1.82, 2.24) is 14.1 Å². The Kier molecular flexibility index (Phi) is 3.18. The minimum absolute atomic E-state index is 0.0488. The van der Waals surface area contributed by atoms with E-state index in [2.05, 4.69) is 15.5 Å². The maximum Gasteiger partial charge on any atom is 0.330 e. The average Bonchev–Trinajstić information content (AvgIpc) is 2.59. The quantitative estimate of drug-likeness (QED) is 0.661. The third-order valence-electron chi connectivity index (χ3n) is 2.70. The van der Waals surface area contributed by atoms with Crippen molar-refractivity contribution in [2.75, 3.05) is 5.43 Å². The SMILES string of the molecule is CCn1c(=O)n(C)c2ncc(NN=C(C)C)cc21. The summed E-state index contributed by atoms with van der Waals surface area (Å²) in [5.41, 5.74) is 6.07. The Morgan fingerprint density at radius 1 is 1.50 bits per heavy atom. The van der Waals surface area contributed by atoms with E-state index in [1.54, 1.807) is 22.4 Å². The van der Waals surface area contributed by atoms with Crippen LogP contribution in [0.15, 0.2) is 22.2 Å². The Balaban J connectivity index is 2.57. The number of nitrogens with one attached hydrogen (secondary N) is 1. The van der Waals surface area contributed by atoms with E-state index in [-0.39, 0.29) is 5.69 Å². The Morgan fingerprint density at radius 2 is 2.22 bits per heavy atom. The van der Waals surface area contributed by atoms with Crippen molar-refractivity contribution < 1.29 is 0 Å². The number of hydrogen-bond acceptors (Lipinski definition) is 4.